The van der Waals surface area contributed by atoms with Crippen molar-refractivity contribution in [2.45, 2.75) is 43.4 Å². The Labute approximate surface area is 198 Å². The van der Waals surface area contributed by atoms with Crippen LogP contribution < -0.4 is 4.90 Å². The van der Waals surface area contributed by atoms with Crippen molar-refractivity contribution in [3.8, 4) is 0 Å². The van der Waals surface area contributed by atoms with Gasteiger partial charge in [0.1, 0.15) is 5.82 Å². The predicted octanol–water partition coefficient (Wildman–Crippen LogP) is 3.93. The number of fused-ring (bicyclic) bond motifs is 3. The van der Waals surface area contributed by atoms with Crippen molar-refractivity contribution in [1.29, 1.82) is 0 Å². The Hall–Kier alpha value is -3.67. The average Bonchev–Trinajstić information content (AvgIpc) is 3.26. The molecule has 34 heavy (non-hydrogen) atoms. The van der Waals surface area contributed by atoms with Gasteiger partial charge in [-0.3, -0.25) is 4.79 Å². The number of aromatic nitrogens is 1. The number of carbonyl (C=O) groups is 2. The zero-order chi connectivity index (χ0) is 22.9. The molecule has 7 rings (SSSR count). The summed E-state index contributed by atoms with van der Waals surface area (Å²) in [5.74, 6) is 0.792. The standard InChI is InChI=1S/C28H25N3O3/c32-25-22-7-3-4-8-23(22)28(34-25)13-14-30(18-28)26(33)27(11-12-27)21-9-10-24(29-15-21)31-16-19-5-1-2-6-20(19)17-31/h1-10,15H,11-14,16-18H2. The Bertz CT molecular complexity index is 1310. The lowest BCUT2D eigenvalue weighted by molar-refractivity contribution is -0.134. The van der Waals surface area contributed by atoms with Gasteiger partial charge in [0, 0.05) is 37.8 Å². The van der Waals surface area contributed by atoms with Gasteiger partial charge in [-0.1, -0.05) is 48.5 Å². The molecule has 3 aliphatic heterocycles. The maximum atomic E-state index is 13.7. The SMILES string of the molecule is O=C1OC2(CCN(C(=O)C3(c4ccc(N5Cc6ccccc6C5)nc4)CC3)C2)c2ccccc21. The first-order valence-electron chi connectivity index (χ1n) is 12.0. The number of amides is 1. The van der Waals surface area contributed by atoms with Gasteiger partial charge in [0.15, 0.2) is 5.60 Å². The smallest absolute Gasteiger partial charge is 0.339 e. The molecule has 6 nitrogen and oxygen atoms in total. The number of carbonyl (C=O) groups excluding carboxylic acids is 2. The van der Waals surface area contributed by atoms with Crippen molar-refractivity contribution in [3.05, 3.63) is 94.7 Å². The molecule has 1 aliphatic carbocycles. The number of benzene rings is 2. The van der Waals surface area contributed by atoms with Gasteiger partial charge < -0.3 is 14.5 Å². The first-order chi connectivity index (χ1) is 16.6. The summed E-state index contributed by atoms with van der Waals surface area (Å²) in [7, 11) is 0. The Morgan fingerprint density at radius 1 is 0.912 bits per heavy atom. The summed E-state index contributed by atoms with van der Waals surface area (Å²) in [6.07, 6.45) is 4.20. The van der Waals surface area contributed by atoms with Gasteiger partial charge in [-0.05, 0) is 41.7 Å². The molecule has 3 aromatic rings. The van der Waals surface area contributed by atoms with Crippen molar-refractivity contribution in [2.75, 3.05) is 18.0 Å². The van der Waals surface area contributed by atoms with Crippen molar-refractivity contribution < 1.29 is 14.3 Å². The van der Waals surface area contributed by atoms with E-state index in [1.807, 2.05) is 35.4 Å². The first kappa shape index (κ1) is 19.8. The second kappa shape index (κ2) is 6.92. The molecule has 0 radical (unpaired) electrons. The fourth-order valence-electron chi connectivity index (χ4n) is 6.01. The Kier molecular flexibility index (Phi) is 4.02. The van der Waals surface area contributed by atoms with Crippen molar-refractivity contribution in [1.82, 2.24) is 9.88 Å². The van der Waals surface area contributed by atoms with E-state index in [-0.39, 0.29) is 11.9 Å². The number of ether oxygens (including phenoxy) is 1. The second-order valence-electron chi connectivity index (χ2n) is 10.0. The van der Waals surface area contributed by atoms with Gasteiger partial charge in [-0.2, -0.15) is 0 Å². The molecular weight excluding hydrogens is 426 g/mol. The van der Waals surface area contributed by atoms with E-state index in [1.54, 1.807) is 0 Å². The van der Waals surface area contributed by atoms with Gasteiger partial charge in [0.2, 0.25) is 5.91 Å². The number of likely N-dealkylation sites (tertiary alicyclic amines) is 1. The summed E-state index contributed by atoms with van der Waals surface area (Å²) in [5.41, 5.74) is 4.03. The first-order valence-corrected chi connectivity index (χ1v) is 12.0. The summed E-state index contributed by atoms with van der Waals surface area (Å²) in [6.45, 7) is 2.75. The van der Waals surface area contributed by atoms with E-state index >= 15 is 0 Å². The summed E-state index contributed by atoms with van der Waals surface area (Å²) in [6, 6.07) is 20.2. The highest BCUT2D eigenvalue weighted by Gasteiger charge is 2.57. The molecule has 1 saturated heterocycles. The van der Waals surface area contributed by atoms with Crippen LogP contribution in [-0.4, -0.2) is 34.8 Å². The van der Waals surface area contributed by atoms with Crippen LogP contribution in [0.25, 0.3) is 0 Å². The van der Waals surface area contributed by atoms with Crippen LogP contribution >= 0.6 is 0 Å². The molecular formula is C28H25N3O3. The lowest BCUT2D eigenvalue weighted by Crippen LogP contribution is -2.40. The molecule has 4 heterocycles. The molecule has 0 N–H and O–H groups in total. The van der Waals surface area contributed by atoms with Crippen LogP contribution in [0.4, 0.5) is 5.82 Å². The summed E-state index contributed by atoms with van der Waals surface area (Å²) < 4.78 is 5.85. The van der Waals surface area contributed by atoms with E-state index < -0.39 is 11.0 Å². The molecule has 6 heteroatoms. The lowest BCUT2D eigenvalue weighted by atomic mass is 9.91. The van der Waals surface area contributed by atoms with Gasteiger partial charge in [-0.15, -0.1) is 0 Å². The minimum atomic E-state index is -0.702. The fourth-order valence-corrected chi connectivity index (χ4v) is 6.01. The third-order valence-electron chi connectivity index (χ3n) is 8.07. The molecule has 1 atom stereocenters. The van der Waals surface area contributed by atoms with Crippen LogP contribution in [0.1, 0.15) is 51.9 Å². The van der Waals surface area contributed by atoms with Crippen LogP contribution in [0, 0.1) is 0 Å². The van der Waals surface area contributed by atoms with E-state index in [4.69, 9.17) is 9.72 Å². The molecule has 1 saturated carbocycles. The van der Waals surface area contributed by atoms with E-state index in [0.717, 1.165) is 42.9 Å². The second-order valence-corrected chi connectivity index (χ2v) is 10.0. The highest BCUT2D eigenvalue weighted by molar-refractivity contribution is 5.96. The monoisotopic (exact) mass is 451 g/mol. The van der Waals surface area contributed by atoms with Crippen LogP contribution in [0.15, 0.2) is 66.9 Å². The Morgan fingerprint density at radius 3 is 2.35 bits per heavy atom. The van der Waals surface area contributed by atoms with Gasteiger partial charge >= 0.3 is 5.97 Å². The summed E-state index contributed by atoms with van der Waals surface area (Å²) >= 11 is 0. The molecule has 4 aliphatic rings. The topological polar surface area (TPSA) is 62.7 Å². The average molecular weight is 452 g/mol. The largest absolute Gasteiger partial charge is 0.449 e. The van der Waals surface area contributed by atoms with Crippen LogP contribution in [0.5, 0.6) is 0 Å². The molecule has 1 spiro atoms. The molecule has 2 fully saturated rings. The minimum Gasteiger partial charge on any atom is -0.449 e. The van der Waals surface area contributed by atoms with E-state index in [0.29, 0.717) is 25.1 Å². The number of nitrogens with zero attached hydrogens (tertiary/aromatic N) is 3. The minimum absolute atomic E-state index is 0.132. The van der Waals surface area contributed by atoms with Crippen molar-refractivity contribution in [3.63, 3.8) is 0 Å². The Balaban J connectivity index is 1.10. The zero-order valence-electron chi connectivity index (χ0n) is 18.9. The molecule has 1 amide bonds. The number of hydrogen-bond acceptors (Lipinski definition) is 5. The summed E-state index contributed by atoms with van der Waals surface area (Å²) in [5, 5.41) is 0. The van der Waals surface area contributed by atoms with E-state index in [1.165, 1.54) is 11.1 Å². The molecule has 2 aromatic carbocycles. The third kappa shape index (κ3) is 2.77. The molecule has 1 unspecified atom stereocenters. The summed E-state index contributed by atoms with van der Waals surface area (Å²) in [4.78, 5) is 35.0. The zero-order valence-corrected chi connectivity index (χ0v) is 18.9. The fraction of sp³-hybridized carbons (Fsp3) is 0.321. The van der Waals surface area contributed by atoms with Crippen LogP contribution in [0.3, 0.4) is 0 Å². The van der Waals surface area contributed by atoms with E-state index in [2.05, 4.69) is 41.3 Å². The van der Waals surface area contributed by atoms with Crippen molar-refractivity contribution >= 4 is 17.7 Å². The highest BCUT2D eigenvalue weighted by atomic mass is 16.6. The maximum absolute atomic E-state index is 13.7. The lowest BCUT2D eigenvalue weighted by Gasteiger charge is -2.27. The molecule has 170 valence electrons. The number of pyridine rings is 1. The van der Waals surface area contributed by atoms with E-state index in [9.17, 15) is 9.59 Å². The van der Waals surface area contributed by atoms with Gasteiger partial charge in [0.05, 0.1) is 17.5 Å². The highest BCUT2D eigenvalue weighted by Crippen LogP contribution is 2.52. The van der Waals surface area contributed by atoms with Crippen LogP contribution in [0.2, 0.25) is 0 Å². The predicted molar refractivity (Wildman–Crippen MR) is 126 cm³/mol. The third-order valence-corrected chi connectivity index (χ3v) is 8.07. The van der Waals surface area contributed by atoms with Crippen LogP contribution in [-0.2, 0) is 33.6 Å². The Morgan fingerprint density at radius 2 is 1.65 bits per heavy atom. The van der Waals surface area contributed by atoms with Gasteiger partial charge in [-0.25, -0.2) is 9.78 Å². The number of rotatable bonds is 3. The van der Waals surface area contributed by atoms with Gasteiger partial charge in [0.25, 0.3) is 0 Å². The maximum Gasteiger partial charge on any atom is 0.339 e. The van der Waals surface area contributed by atoms with Crippen molar-refractivity contribution in [2.24, 2.45) is 0 Å². The normalized spacial score (nSPS) is 23.7. The number of esters is 1. The molecule has 1 aromatic heterocycles. The number of anilines is 1. The quantitative estimate of drug-likeness (QED) is 0.565. The number of hydrogen-bond donors (Lipinski definition) is 0. The molecule has 0 bridgehead atoms.